The molecule has 108 valence electrons. The molecule has 0 spiro atoms. The minimum Gasteiger partial charge on any atom is -0.377 e. The van der Waals surface area contributed by atoms with Gasteiger partial charge in [0.1, 0.15) is 6.33 Å². The van der Waals surface area contributed by atoms with Crippen molar-refractivity contribution in [2.45, 2.75) is 19.3 Å². The highest BCUT2D eigenvalue weighted by molar-refractivity contribution is 5.59. The first kappa shape index (κ1) is 14.5. The number of nitrogens with one attached hydrogen (secondary N) is 1. The van der Waals surface area contributed by atoms with E-state index in [9.17, 15) is 0 Å². The zero-order valence-corrected chi connectivity index (χ0v) is 12.2. The zero-order valence-electron chi connectivity index (χ0n) is 12.2. The van der Waals surface area contributed by atoms with Crippen molar-refractivity contribution in [1.29, 1.82) is 0 Å². The van der Waals surface area contributed by atoms with Crippen molar-refractivity contribution in [1.82, 2.24) is 14.8 Å². The Labute approximate surface area is 118 Å². The van der Waals surface area contributed by atoms with Gasteiger partial charge in [-0.1, -0.05) is 0 Å². The average Bonchev–Trinajstić information content (AvgIpc) is 2.87. The van der Waals surface area contributed by atoms with Gasteiger partial charge in [-0.15, -0.1) is 10.2 Å². The first-order chi connectivity index (χ1) is 9.65. The molecule has 0 aliphatic carbocycles. The van der Waals surface area contributed by atoms with Crippen LogP contribution in [0.5, 0.6) is 0 Å². The molecular formula is C14H20N4O2. The molecule has 1 atom stereocenters. The molecule has 0 saturated carbocycles. The van der Waals surface area contributed by atoms with Crippen LogP contribution in [0.3, 0.4) is 0 Å². The molecule has 0 aliphatic rings. The number of aryl methyl sites for hydroxylation is 1. The number of aromatic nitrogens is 3. The molecule has 0 saturated heterocycles. The van der Waals surface area contributed by atoms with Gasteiger partial charge >= 0.3 is 0 Å². The molecule has 20 heavy (non-hydrogen) atoms. The summed E-state index contributed by atoms with van der Waals surface area (Å²) in [5.41, 5.74) is 2.03. The summed E-state index contributed by atoms with van der Waals surface area (Å²) in [5.74, 6) is 0.844. The second-order valence-corrected chi connectivity index (χ2v) is 4.62. The van der Waals surface area contributed by atoms with Gasteiger partial charge in [0.15, 0.2) is 12.1 Å². The first-order valence-electron chi connectivity index (χ1n) is 6.42. The lowest BCUT2D eigenvalue weighted by molar-refractivity contribution is -0.109. The maximum Gasteiger partial charge on any atom is 0.176 e. The third-order valence-corrected chi connectivity index (χ3v) is 3.12. The van der Waals surface area contributed by atoms with Crippen LogP contribution in [-0.4, -0.2) is 41.3 Å². The van der Waals surface area contributed by atoms with E-state index in [2.05, 4.69) is 15.5 Å². The van der Waals surface area contributed by atoms with Gasteiger partial charge in [0.25, 0.3) is 0 Å². The van der Waals surface area contributed by atoms with Gasteiger partial charge in [0, 0.05) is 32.5 Å². The lowest BCUT2D eigenvalue weighted by Gasteiger charge is -2.23. The van der Waals surface area contributed by atoms with E-state index in [1.807, 2.05) is 42.8 Å². The minimum atomic E-state index is -0.284. The number of ether oxygens (including phenoxy) is 2. The van der Waals surface area contributed by atoms with Crippen molar-refractivity contribution in [3.05, 3.63) is 30.6 Å². The van der Waals surface area contributed by atoms with Crippen LogP contribution >= 0.6 is 0 Å². The van der Waals surface area contributed by atoms with Gasteiger partial charge in [0.05, 0.1) is 6.04 Å². The summed E-state index contributed by atoms with van der Waals surface area (Å²) in [4.78, 5) is 0. The highest BCUT2D eigenvalue weighted by Crippen LogP contribution is 2.19. The van der Waals surface area contributed by atoms with Crippen LogP contribution < -0.4 is 5.32 Å². The van der Waals surface area contributed by atoms with Crippen LogP contribution in [0.25, 0.3) is 11.4 Å². The first-order valence-corrected chi connectivity index (χ1v) is 6.42. The molecule has 1 N–H and O–H groups in total. The molecule has 0 aliphatic heterocycles. The van der Waals surface area contributed by atoms with E-state index in [1.54, 1.807) is 20.5 Å². The lowest BCUT2D eigenvalue weighted by Crippen LogP contribution is -2.33. The van der Waals surface area contributed by atoms with Crippen LogP contribution in [-0.2, 0) is 16.5 Å². The summed E-state index contributed by atoms with van der Waals surface area (Å²) in [7, 11) is 5.18. The molecule has 6 nitrogen and oxygen atoms in total. The van der Waals surface area contributed by atoms with Crippen molar-refractivity contribution in [2.24, 2.45) is 7.05 Å². The monoisotopic (exact) mass is 276 g/mol. The van der Waals surface area contributed by atoms with Crippen molar-refractivity contribution >= 4 is 5.69 Å². The lowest BCUT2D eigenvalue weighted by atomic mass is 10.2. The zero-order chi connectivity index (χ0) is 14.5. The quantitative estimate of drug-likeness (QED) is 0.817. The maximum atomic E-state index is 5.23. The number of methoxy groups -OCH3 is 2. The van der Waals surface area contributed by atoms with E-state index >= 15 is 0 Å². The predicted octanol–water partition coefficient (Wildman–Crippen LogP) is 1.90. The Hall–Kier alpha value is -1.92. The highest BCUT2D eigenvalue weighted by atomic mass is 16.7. The fourth-order valence-corrected chi connectivity index (χ4v) is 2.10. The number of hydrogen-bond donors (Lipinski definition) is 1. The van der Waals surface area contributed by atoms with Crippen molar-refractivity contribution in [3.8, 4) is 11.4 Å². The van der Waals surface area contributed by atoms with Gasteiger partial charge < -0.3 is 19.4 Å². The predicted molar refractivity (Wildman–Crippen MR) is 77.3 cm³/mol. The Bertz CT molecular complexity index is 534. The molecule has 1 aromatic carbocycles. The van der Waals surface area contributed by atoms with Gasteiger partial charge in [-0.2, -0.15) is 0 Å². The van der Waals surface area contributed by atoms with Crippen LogP contribution in [0.1, 0.15) is 6.92 Å². The largest absolute Gasteiger partial charge is 0.377 e. The Morgan fingerprint density at radius 3 is 2.30 bits per heavy atom. The van der Waals surface area contributed by atoms with E-state index in [4.69, 9.17) is 9.47 Å². The molecule has 1 heterocycles. The Morgan fingerprint density at radius 1 is 1.15 bits per heavy atom. The second-order valence-electron chi connectivity index (χ2n) is 4.62. The molecule has 2 rings (SSSR count). The van der Waals surface area contributed by atoms with Gasteiger partial charge in [-0.05, 0) is 31.2 Å². The number of hydrogen-bond acceptors (Lipinski definition) is 5. The van der Waals surface area contributed by atoms with Crippen LogP contribution in [0.4, 0.5) is 5.69 Å². The smallest absolute Gasteiger partial charge is 0.176 e. The van der Waals surface area contributed by atoms with Gasteiger partial charge in [-0.3, -0.25) is 0 Å². The Morgan fingerprint density at radius 2 is 1.80 bits per heavy atom. The average molecular weight is 276 g/mol. The molecule has 1 unspecified atom stereocenters. The Balaban J connectivity index is 2.07. The van der Waals surface area contributed by atoms with Crippen LogP contribution in [0.2, 0.25) is 0 Å². The fourth-order valence-electron chi connectivity index (χ4n) is 2.10. The third-order valence-electron chi connectivity index (χ3n) is 3.12. The van der Waals surface area contributed by atoms with Crippen molar-refractivity contribution in [3.63, 3.8) is 0 Å². The number of nitrogens with zero attached hydrogens (tertiary/aromatic N) is 3. The highest BCUT2D eigenvalue weighted by Gasteiger charge is 2.15. The molecule has 0 bridgehead atoms. The van der Waals surface area contributed by atoms with Gasteiger partial charge in [0.2, 0.25) is 0 Å². The molecule has 1 aromatic heterocycles. The standard InChI is InChI=1S/C14H20N4O2/c1-10(14(19-3)20-4)16-12-7-5-11(6-8-12)13-17-15-9-18(13)2/h5-10,14,16H,1-4H3. The maximum absolute atomic E-state index is 5.23. The topological polar surface area (TPSA) is 61.2 Å². The molecular weight excluding hydrogens is 256 g/mol. The number of rotatable bonds is 6. The number of benzene rings is 1. The van der Waals surface area contributed by atoms with Crippen molar-refractivity contribution in [2.75, 3.05) is 19.5 Å². The molecule has 0 amide bonds. The molecule has 0 fully saturated rings. The van der Waals surface area contributed by atoms with E-state index in [1.165, 1.54) is 0 Å². The van der Waals surface area contributed by atoms with Crippen LogP contribution in [0.15, 0.2) is 30.6 Å². The summed E-state index contributed by atoms with van der Waals surface area (Å²) in [6, 6.07) is 8.07. The molecule has 6 heteroatoms. The molecule has 0 radical (unpaired) electrons. The summed E-state index contributed by atoms with van der Waals surface area (Å²) < 4.78 is 12.3. The molecule has 2 aromatic rings. The normalized spacial score (nSPS) is 12.7. The summed E-state index contributed by atoms with van der Waals surface area (Å²) in [5, 5.41) is 11.3. The summed E-state index contributed by atoms with van der Waals surface area (Å²) in [6.45, 7) is 2.01. The van der Waals surface area contributed by atoms with Crippen molar-refractivity contribution < 1.29 is 9.47 Å². The number of anilines is 1. The van der Waals surface area contributed by atoms with Crippen LogP contribution in [0, 0.1) is 0 Å². The minimum absolute atomic E-state index is 0.0469. The SMILES string of the molecule is COC(OC)C(C)Nc1ccc(-c2nncn2C)cc1. The summed E-state index contributed by atoms with van der Waals surface area (Å²) in [6.07, 6.45) is 1.40. The van der Waals surface area contributed by atoms with E-state index < -0.39 is 0 Å². The van der Waals surface area contributed by atoms with E-state index in [0.717, 1.165) is 17.1 Å². The second kappa shape index (κ2) is 6.49. The van der Waals surface area contributed by atoms with E-state index in [-0.39, 0.29) is 12.3 Å². The fraction of sp³-hybridized carbons (Fsp3) is 0.429. The Kier molecular flexibility index (Phi) is 4.70. The third kappa shape index (κ3) is 3.15. The van der Waals surface area contributed by atoms with Gasteiger partial charge in [-0.25, -0.2) is 0 Å². The summed E-state index contributed by atoms with van der Waals surface area (Å²) >= 11 is 0. The van der Waals surface area contributed by atoms with E-state index in [0.29, 0.717) is 0 Å².